The molecule has 102 valence electrons. The fourth-order valence-corrected chi connectivity index (χ4v) is 3.27. The van der Waals surface area contributed by atoms with Crippen molar-refractivity contribution in [1.82, 2.24) is 10.2 Å². The molecule has 1 aromatic carbocycles. The molecular formula is C13H17N3O2S. The number of H-pyrrole nitrogens is 1. The van der Waals surface area contributed by atoms with Crippen LogP contribution in [0.5, 0.6) is 0 Å². The average Bonchev–Trinajstić information content (AvgIpc) is 2.79. The summed E-state index contributed by atoms with van der Waals surface area (Å²) in [6, 6.07) is 9.06. The minimum Gasteiger partial charge on any atom is -0.284 e. The van der Waals surface area contributed by atoms with Gasteiger partial charge in [0.15, 0.2) is 0 Å². The van der Waals surface area contributed by atoms with E-state index in [1.165, 1.54) is 0 Å². The average molecular weight is 279 g/mol. The van der Waals surface area contributed by atoms with Crippen molar-refractivity contribution in [2.45, 2.75) is 13.8 Å². The molecule has 2 N–H and O–H groups in total. The third-order valence-corrected chi connectivity index (χ3v) is 4.15. The third kappa shape index (κ3) is 3.82. The molecule has 5 nitrogen and oxygen atoms in total. The minimum absolute atomic E-state index is 0.0910. The molecule has 0 atom stereocenters. The lowest BCUT2D eigenvalue weighted by Crippen LogP contribution is -2.19. The maximum absolute atomic E-state index is 11.9. The van der Waals surface area contributed by atoms with Gasteiger partial charge in [-0.05, 0) is 24.1 Å². The van der Waals surface area contributed by atoms with Crippen molar-refractivity contribution in [2.75, 3.05) is 10.5 Å². The van der Waals surface area contributed by atoms with Crippen molar-refractivity contribution in [3.63, 3.8) is 0 Å². The first kappa shape index (κ1) is 13.6. The van der Waals surface area contributed by atoms with Crippen LogP contribution in [0.1, 0.15) is 13.8 Å². The van der Waals surface area contributed by atoms with Crippen molar-refractivity contribution in [3.05, 3.63) is 36.5 Å². The molecule has 0 radical (unpaired) electrons. The zero-order valence-electron chi connectivity index (χ0n) is 10.9. The summed E-state index contributed by atoms with van der Waals surface area (Å²) in [5, 5.41) is 6.73. The lowest BCUT2D eigenvalue weighted by Gasteiger charge is -2.10. The van der Waals surface area contributed by atoms with E-state index in [1.54, 1.807) is 18.3 Å². The van der Waals surface area contributed by atoms with E-state index in [9.17, 15) is 8.42 Å². The van der Waals surface area contributed by atoms with E-state index in [0.717, 1.165) is 11.3 Å². The van der Waals surface area contributed by atoms with Gasteiger partial charge in [-0.2, -0.15) is 5.10 Å². The Bertz CT molecular complexity index is 634. The first-order valence-electron chi connectivity index (χ1n) is 6.06. The Balaban J connectivity index is 2.21. The van der Waals surface area contributed by atoms with Crippen molar-refractivity contribution in [1.29, 1.82) is 0 Å². The summed E-state index contributed by atoms with van der Waals surface area (Å²) in [7, 11) is -3.30. The summed E-state index contributed by atoms with van der Waals surface area (Å²) in [5.41, 5.74) is 2.31. The summed E-state index contributed by atoms with van der Waals surface area (Å²) in [6.45, 7) is 3.75. The van der Waals surface area contributed by atoms with Crippen molar-refractivity contribution < 1.29 is 8.42 Å². The summed E-state index contributed by atoms with van der Waals surface area (Å²) in [4.78, 5) is 0. The standard InChI is InChI=1S/C13H17N3O2S/c1-10(2)9-19(17,18)16-12-5-3-4-11(8-12)13-6-7-14-15-13/h3-8,10,16H,9H2,1-2H3,(H,14,15). The second-order valence-electron chi connectivity index (χ2n) is 4.83. The van der Waals surface area contributed by atoms with E-state index in [1.807, 2.05) is 32.0 Å². The molecular weight excluding hydrogens is 262 g/mol. The van der Waals surface area contributed by atoms with Gasteiger partial charge in [0.05, 0.1) is 11.4 Å². The lowest BCUT2D eigenvalue weighted by atomic mass is 10.1. The predicted octanol–water partition coefficient (Wildman–Crippen LogP) is 2.47. The number of hydrogen-bond acceptors (Lipinski definition) is 3. The van der Waals surface area contributed by atoms with E-state index < -0.39 is 10.0 Å². The Labute approximate surface area is 113 Å². The Morgan fingerprint density at radius 1 is 1.32 bits per heavy atom. The number of sulfonamides is 1. The third-order valence-electron chi connectivity index (χ3n) is 2.50. The van der Waals surface area contributed by atoms with Crippen LogP contribution in [0.25, 0.3) is 11.3 Å². The van der Waals surface area contributed by atoms with Crippen LogP contribution in [0, 0.1) is 5.92 Å². The molecule has 2 rings (SSSR count). The summed E-state index contributed by atoms with van der Waals surface area (Å²) < 4.78 is 26.3. The highest BCUT2D eigenvalue weighted by atomic mass is 32.2. The molecule has 0 saturated heterocycles. The molecule has 2 aromatic rings. The predicted molar refractivity (Wildman–Crippen MR) is 76.3 cm³/mol. The second-order valence-corrected chi connectivity index (χ2v) is 6.60. The maximum atomic E-state index is 11.9. The highest BCUT2D eigenvalue weighted by Gasteiger charge is 2.13. The SMILES string of the molecule is CC(C)CS(=O)(=O)Nc1cccc(-c2ccn[nH]2)c1. The Morgan fingerprint density at radius 3 is 2.74 bits per heavy atom. The molecule has 0 bridgehead atoms. The molecule has 0 aliphatic heterocycles. The number of benzene rings is 1. The number of anilines is 1. The van der Waals surface area contributed by atoms with E-state index in [0.29, 0.717) is 5.69 Å². The second kappa shape index (κ2) is 5.44. The van der Waals surface area contributed by atoms with Crippen LogP contribution in [0.2, 0.25) is 0 Å². The lowest BCUT2D eigenvalue weighted by molar-refractivity contribution is 0.587. The van der Waals surface area contributed by atoms with Gasteiger partial charge in [-0.3, -0.25) is 9.82 Å². The molecule has 0 fully saturated rings. The largest absolute Gasteiger partial charge is 0.284 e. The Morgan fingerprint density at radius 2 is 2.11 bits per heavy atom. The number of hydrogen-bond donors (Lipinski definition) is 2. The summed E-state index contributed by atoms with van der Waals surface area (Å²) in [5.74, 6) is 0.203. The van der Waals surface area contributed by atoms with Crippen LogP contribution < -0.4 is 4.72 Å². The molecule has 0 aliphatic rings. The monoisotopic (exact) mass is 279 g/mol. The van der Waals surface area contributed by atoms with Crippen molar-refractivity contribution in [2.24, 2.45) is 5.92 Å². The first-order chi connectivity index (χ1) is 8.96. The number of aromatic nitrogens is 2. The number of rotatable bonds is 5. The van der Waals surface area contributed by atoms with Crippen LogP contribution in [-0.2, 0) is 10.0 Å². The first-order valence-corrected chi connectivity index (χ1v) is 7.72. The van der Waals surface area contributed by atoms with Gasteiger partial charge in [0.2, 0.25) is 10.0 Å². The molecule has 0 aliphatic carbocycles. The normalized spacial score (nSPS) is 11.7. The molecule has 6 heteroatoms. The van der Waals surface area contributed by atoms with Gasteiger partial charge in [0.1, 0.15) is 0 Å². The molecule has 19 heavy (non-hydrogen) atoms. The smallest absolute Gasteiger partial charge is 0.232 e. The van der Waals surface area contributed by atoms with Crippen molar-refractivity contribution >= 4 is 15.7 Å². The summed E-state index contributed by atoms with van der Waals surface area (Å²) >= 11 is 0. The highest BCUT2D eigenvalue weighted by molar-refractivity contribution is 7.92. The fourth-order valence-electron chi connectivity index (χ4n) is 1.83. The number of nitrogens with zero attached hydrogens (tertiary/aromatic N) is 1. The topological polar surface area (TPSA) is 74.8 Å². The van der Waals surface area contributed by atoms with E-state index in [2.05, 4.69) is 14.9 Å². The van der Waals surface area contributed by atoms with Gasteiger partial charge in [0, 0.05) is 17.4 Å². The number of aromatic amines is 1. The molecule has 1 heterocycles. The quantitative estimate of drug-likeness (QED) is 0.883. The van der Waals surface area contributed by atoms with E-state index in [-0.39, 0.29) is 11.7 Å². The van der Waals surface area contributed by atoms with Crippen molar-refractivity contribution in [3.8, 4) is 11.3 Å². The zero-order chi connectivity index (χ0) is 13.9. The van der Waals surface area contributed by atoms with Crippen LogP contribution in [0.15, 0.2) is 36.5 Å². The van der Waals surface area contributed by atoms with Gasteiger partial charge in [-0.25, -0.2) is 8.42 Å². The minimum atomic E-state index is -3.30. The highest BCUT2D eigenvalue weighted by Crippen LogP contribution is 2.21. The van der Waals surface area contributed by atoms with Gasteiger partial charge in [-0.15, -0.1) is 0 Å². The maximum Gasteiger partial charge on any atom is 0.232 e. The Hall–Kier alpha value is -1.82. The molecule has 1 aromatic heterocycles. The fraction of sp³-hybridized carbons (Fsp3) is 0.308. The van der Waals surface area contributed by atoms with Crippen LogP contribution in [-0.4, -0.2) is 24.4 Å². The summed E-state index contributed by atoms with van der Waals surface area (Å²) in [6.07, 6.45) is 1.66. The molecule has 0 spiro atoms. The Kier molecular flexibility index (Phi) is 3.90. The molecule has 0 amide bonds. The van der Waals surface area contributed by atoms with Crippen LogP contribution >= 0.6 is 0 Å². The molecule has 0 saturated carbocycles. The van der Waals surface area contributed by atoms with Gasteiger partial charge < -0.3 is 0 Å². The van der Waals surface area contributed by atoms with E-state index >= 15 is 0 Å². The van der Waals surface area contributed by atoms with Gasteiger partial charge in [-0.1, -0.05) is 26.0 Å². The van der Waals surface area contributed by atoms with Gasteiger partial charge >= 0.3 is 0 Å². The number of nitrogens with one attached hydrogen (secondary N) is 2. The van der Waals surface area contributed by atoms with Crippen LogP contribution in [0.4, 0.5) is 5.69 Å². The zero-order valence-corrected chi connectivity index (χ0v) is 11.7. The van der Waals surface area contributed by atoms with E-state index in [4.69, 9.17) is 0 Å². The molecule has 0 unspecified atom stereocenters. The van der Waals surface area contributed by atoms with Crippen LogP contribution in [0.3, 0.4) is 0 Å². The van der Waals surface area contributed by atoms with Gasteiger partial charge in [0.25, 0.3) is 0 Å².